The Hall–Kier alpha value is -2.06. The standard InChI is InChI=1S/C22H28N2/c1-5-23(6-2)16-17(3)24-18(4)22(19-12-8-7-9-13-19)20-14-10-11-15-21(20)24/h7-15,17H,5-6,16H2,1-4H3. The number of hydrogen-bond acceptors (Lipinski definition) is 1. The van der Waals surface area contributed by atoms with Crippen LogP contribution in [0, 0.1) is 6.92 Å². The third-order valence-electron chi connectivity index (χ3n) is 5.08. The predicted octanol–water partition coefficient (Wildman–Crippen LogP) is 5.52. The number of hydrogen-bond donors (Lipinski definition) is 0. The molecule has 0 bridgehead atoms. The first-order valence-electron chi connectivity index (χ1n) is 9.04. The van der Waals surface area contributed by atoms with Crippen molar-refractivity contribution < 1.29 is 0 Å². The molecule has 0 aliphatic carbocycles. The molecular weight excluding hydrogens is 292 g/mol. The molecule has 0 saturated carbocycles. The highest BCUT2D eigenvalue weighted by atomic mass is 15.2. The highest BCUT2D eigenvalue weighted by Crippen LogP contribution is 2.36. The molecule has 1 atom stereocenters. The lowest BCUT2D eigenvalue weighted by Crippen LogP contribution is -2.29. The van der Waals surface area contributed by atoms with Gasteiger partial charge in [-0.2, -0.15) is 0 Å². The number of benzene rings is 2. The molecule has 24 heavy (non-hydrogen) atoms. The molecule has 0 amide bonds. The van der Waals surface area contributed by atoms with E-state index < -0.39 is 0 Å². The van der Waals surface area contributed by atoms with Gasteiger partial charge in [0.15, 0.2) is 0 Å². The summed E-state index contributed by atoms with van der Waals surface area (Å²) in [5.74, 6) is 0. The van der Waals surface area contributed by atoms with Crippen LogP contribution in [0.2, 0.25) is 0 Å². The number of fused-ring (bicyclic) bond motifs is 1. The lowest BCUT2D eigenvalue weighted by Gasteiger charge is -2.25. The zero-order valence-electron chi connectivity index (χ0n) is 15.3. The zero-order valence-corrected chi connectivity index (χ0v) is 15.3. The second kappa shape index (κ2) is 7.23. The number of aromatic nitrogens is 1. The van der Waals surface area contributed by atoms with Gasteiger partial charge in [-0.3, -0.25) is 0 Å². The molecule has 0 N–H and O–H groups in total. The maximum absolute atomic E-state index is 2.52. The summed E-state index contributed by atoms with van der Waals surface area (Å²) in [5, 5.41) is 1.35. The smallest absolute Gasteiger partial charge is 0.0491 e. The van der Waals surface area contributed by atoms with Gasteiger partial charge in [0.25, 0.3) is 0 Å². The maximum atomic E-state index is 2.52. The fraction of sp³-hybridized carbons (Fsp3) is 0.364. The van der Waals surface area contributed by atoms with Crippen molar-refractivity contribution in [1.82, 2.24) is 9.47 Å². The van der Waals surface area contributed by atoms with E-state index >= 15 is 0 Å². The van der Waals surface area contributed by atoms with Gasteiger partial charge in [-0.15, -0.1) is 0 Å². The molecule has 2 aromatic carbocycles. The van der Waals surface area contributed by atoms with Crippen molar-refractivity contribution in [1.29, 1.82) is 0 Å². The third kappa shape index (κ3) is 2.99. The number of rotatable bonds is 6. The quantitative estimate of drug-likeness (QED) is 0.580. The second-order valence-electron chi connectivity index (χ2n) is 6.55. The van der Waals surface area contributed by atoms with E-state index in [0.717, 1.165) is 19.6 Å². The minimum Gasteiger partial charge on any atom is -0.340 e. The van der Waals surface area contributed by atoms with Crippen LogP contribution in [0.5, 0.6) is 0 Å². The van der Waals surface area contributed by atoms with Crippen molar-refractivity contribution in [3.63, 3.8) is 0 Å². The summed E-state index contributed by atoms with van der Waals surface area (Å²) in [6.45, 7) is 12.4. The Morgan fingerprint density at radius 2 is 1.54 bits per heavy atom. The van der Waals surface area contributed by atoms with Crippen molar-refractivity contribution in [3.05, 3.63) is 60.3 Å². The van der Waals surface area contributed by atoms with Gasteiger partial charge in [0, 0.05) is 34.7 Å². The summed E-state index contributed by atoms with van der Waals surface area (Å²) in [4.78, 5) is 2.50. The molecule has 0 aliphatic rings. The molecule has 3 aromatic rings. The Bertz CT molecular complexity index is 797. The highest BCUT2D eigenvalue weighted by Gasteiger charge is 2.19. The Labute approximate surface area is 145 Å². The van der Waals surface area contributed by atoms with Gasteiger partial charge in [-0.1, -0.05) is 62.4 Å². The fourth-order valence-electron chi connectivity index (χ4n) is 3.87. The van der Waals surface area contributed by atoms with Gasteiger partial charge < -0.3 is 9.47 Å². The van der Waals surface area contributed by atoms with Crippen molar-refractivity contribution in [2.75, 3.05) is 19.6 Å². The summed E-state index contributed by atoms with van der Waals surface area (Å²) in [7, 11) is 0. The number of nitrogens with zero attached hydrogens (tertiary/aromatic N) is 2. The Balaban J connectivity index is 2.14. The Kier molecular flexibility index (Phi) is 5.06. The van der Waals surface area contributed by atoms with E-state index in [1.54, 1.807) is 0 Å². The molecule has 2 heteroatoms. The van der Waals surface area contributed by atoms with Gasteiger partial charge >= 0.3 is 0 Å². The second-order valence-corrected chi connectivity index (χ2v) is 6.55. The lowest BCUT2D eigenvalue weighted by molar-refractivity contribution is 0.262. The van der Waals surface area contributed by atoms with Crippen LogP contribution in [0.4, 0.5) is 0 Å². The molecule has 2 nitrogen and oxygen atoms in total. The molecule has 0 saturated heterocycles. The minimum absolute atomic E-state index is 0.451. The maximum Gasteiger partial charge on any atom is 0.0491 e. The van der Waals surface area contributed by atoms with Gasteiger partial charge in [0.1, 0.15) is 0 Å². The molecule has 0 radical (unpaired) electrons. The van der Waals surface area contributed by atoms with Crippen LogP contribution in [0.25, 0.3) is 22.0 Å². The first-order chi connectivity index (χ1) is 11.7. The van der Waals surface area contributed by atoms with Crippen molar-refractivity contribution in [2.24, 2.45) is 0 Å². The van der Waals surface area contributed by atoms with E-state index in [-0.39, 0.29) is 0 Å². The third-order valence-corrected chi connectivity index (χ3v) is 5.08. The summed E-state index contributed by atoms with van der Waals surface area (Å²) >= 11 is 0. The van der Waals surface area contributed by atoms with E-state index in [1.807, 2.05) is 0 Å². The molecule has 0 fully saturated rings. The van der Waals surface area contributed by atoms with Gasteiger partial charge in [-0.25, -0.2) is 0 Å². The number of likely N-dealkylation sites (N-methyl/N-ethyl adjacent to an activating group) is 1. The first kappa shape index (κ1) is 16.8. The molecule has 1 heterocycles. The SMILES string of the molecule is CCN(CC)CC(C)n1c(C)c(-c2ccccc2)c2ccccc21. The van der Waals surface area contributed by atoms with Crippen LogP contribution in [0.15, 0.2) is 54.6 Å². The minimum atomic E-state index is 0.451. The molecular formula is C22H28N2. The largest absolute Gasteiger partial charge is 0.340 e. The zero-order chi connectivity index (χ0) is 17.1. The molecule has 1 unspecified atom stereocenters. The normalized spacial score (nSPS) is 12.9. The Morgan fingerprint density at radius 3 is 2.21 bits per heavy atom. The summed E-state index contributed by atoms with van der Waals surface area (Å²) in [5.41, 5.74) is 5.38. The van der Waals surface area contributed by atoms with E-state index in [0.29, 0.717) is 6.04 Å². The Morgan fingerprint density at radius 1 is 0.917 bits per heavy atom. The fourth-order valence-corrected chi connectivity index (χ4v) is 3.87. The lowest BCUT2D eigenvalue weighted by atomic mass is 10.0. The summed E-state index contributed by atoms with van der Waals surface area (Å²) in [6, 6.07) is 20.0. The van der Waals surface area contributed by atoms with E-state index in [2.05, 4.69) is 91.8 Å². The monoisotopic (exact) mass is 320 g/mol. The van der Waals surface area contributed by atoms with E-state index in [1.165, 1.54) is 27.7 Å². The number of para-hydroxylation sites is 1. The predicted molar refractivity (Wildman–Crippen MR) is 105 cm³/mol. The molecule has 1 aromatic heterocycles. The average molecular weight is 320 g/mol. The van der Waals surface area contributed by atoms with Gasteiger partial charge in [0.2, 0.25) is 0 Å². The van der Waals surface area contributed by atoms with Gasteiger partial charge in [0.05, 0.1) is 0 Å². The summed E-state index contributed by atoms with van der Waals surface area (Å²) in [6.07, 6.45) is 0. The van der Waals surface area contributed by atoms with Gasteiger partial charge in [-0.05, 0) is 38.6 Å². The van der Waals surface area contributed by atoms with Crippen LogP contribution in [0.1, 0.15) is 32.5 Å². The van der Waals surface area contributed by atoms with Crippen LogP contribution >= 0.6 is 0 Å². The van der Waals surface area contributed by atoms with Crippen molar-refractivity contribution >= 4 is 10.9 Å². The van der Waals surface area contributed by atoms with Crippen LogP contribution in [-0.2, 0) is 0 Å². The van der Waals surface area contributed by atoms with Crippen LogP contribution in [-0.4, -0.2) is 29.1 Å². The molecule has 0 aliphatic heterocycles. The van der Waals surface area contributed by atoms with Crippen molar-refractivity contribution in [3.8, 4) is 11.1 Å². The van der Waals surface area contributed by atoms with Crippen LogP contribution < -0.4 is 0 Å². The molecule has 126 valence electrons. The van der Waals surface area contributed by atoms with E-state index in [4.69, 9.17) is 0 Å². The first-order valence-corrected chi connectivity index (χ1v) is 9.04. The van der Waals surface area contributed by atoms with Crippen molar-refractivity contribution in [2.45, 2.75) is 33.7 Å². The van der Waals surface area contributed by atoms with E-state index in [9.17, 15) is 0 Å². The molecule has 3 rings (SSSR count). The topological polar surface area (TPSA) is 8.17 Å². The summed E-state index contributed by atoms with van der Waals surface area (Å²) < 4.78 is 2.52. The molecule has 0 spiro atoms. The average Bonchev–Trinajstić information content (AvgIpc) is 2.92. The van der Waals surface area contributed by atoms with Crippen LogP contribution in [0.3, 0.4) is 0 Å². The highest BCUT2D eigenvalue weighted by molar-refractivity contribution is 5.98.